The molecule has 3 aromatic rings. The molecule has 53 heavy (non-hydrogen) atoms. The second kappa shape index (κ2) is 17.7. The molecule has 0 aromatic heterocycles. The number of thioether (sulfide) groups is 1. The lowest BCUT2D eigenvalue weighted by atomic mass is 9.98. The zero-order chi connectivity index (χ0) is 37.4. The van der Waals surface area contributed by atoms with Gasteiger partial charge < -0.3 is 40.2 Å². The first-order valence-electron chi connectivity index (χ1n) is 18.0. The van der Waals surface area contributed by atoms with Crippen LogP contribution in [-0.2, 0) is 57.6 Å². The molecule has 0 bridgehead atoms. The van der Waals surface area contributed by atoms with Gasteiger partial charge in [0.15, 0.2) is 12.1 Å². The van der Waals surface area contributed by atoms with Gasteiger partial charge in [-0.2, -0.15) is 11.8 Å². The third kappa shape index (κ3) is 10.2. The molecule has 0 aliphatic carbocycles. The molecule has 282 valence electrons. The minimum atomic E-state index is -1.03. The van der Waals surface area contributed by atoms with Gasteiger partial charge in [-0.25, -0.2) is 0 Å². The number of ether oxygens (including phenoxy) is 4. The Bertz CT molecular complexity index is 1700. The molecule has 0 radical (unpaired) electrons. The Labute approximate surface area is 314 Å². The van der Waals surface area contributed by atoms with Crippen molar-refractivity contribution in [2.45, 2.75) is 101 Å². The monoisotopic (exact) mass is 744 g/mol. The fourth-order valence-corrected chi connectivity index (χ4v) is 7.41. The SMILES string of the molecule is CSCC[C@@H]1NC(=O)[C@H](Cc2ccccc2)NC(=O)[C@H](Cc2ccccc2)NC(=O)C[C@@H]([C@H]2O[C@@H]3OC(C)(C)O[C@@H]3[C@H]2OCc2ccccc2)NC1=O. The van der Waals surface area contributed by atoms with Crippen LogP contribution < -0.4 is 21.3 Å². The molecule has 3 saturated heterocycles. The fourth-order valence-electron chi connectivity index (χ4n) is 6.94. The van der Waals surface area contributed by atoms with Gasteiger partial charge in [0.2, 0.25) is 23.6 Å². The van der Waals surface area contributed by atoms with Gasteiger partial charge in [-0.1, -0.05) is 91.0 Å². The Morgan fingerprint density at radius 2 is 1.21 bits per heavy atom. The summed E-state index contributed by atoms with van der Waals surface area (Å²) in [6.07, 6.45) is -0.755. The topological polar surface area (TPSA) is 153 Å². The molecule has 3 heterocycles. The normalized spacial score (nSPS) is 29.0. The van der Waals surface area contributed by atoms with Crippen molar-refractivity contribution < 1.29 is 38.1 Å². The number of fused-ring (bicyclic) bond motifs is 1. The van der Waals surface area contributed by atoms with Crippen molar-refractivity contribution >= 4 is 35.4 Å². The fraction of sp³-hybridized carbons (Fsp3) is 0.450. The molecule has 3 aromatic carbocycles. The van der Waals surface area contributed by atoms with Crippen LogP contribution in [0.4, 0.5) is 0 Å². The molecule has 0 unspecified atom stereocenters. The van der Waals surface area contributed by atoms with Crippen LogP contribution >= 0.6 is 11.8 Å². The van der Waals surface area contributed by atoms with Crippen LogP contribution in [0, 0.1) is 0 Å². The lowest BCUT2D eigenvalue weighted by Gasteiger charge is -2.32. The molecule has 3 aliphatic heterocycles. The van der Waals surface area contributed by atoms with Gasteiger partial charge in [-0.15, -0.1) is 0 Å². The Kier molecular flexibility index (Phi) is 12.8. The predicted molar refractivity (Wildman–Crippen MR) is 199 cm³/mol. The molecule has 8 atom stereocenters. The number of amides is 4. The average molecular weight is 745 g/mol. The highest BCUT2D eigenvalue weighted by atomic mass is 32.2. The largest absolute Gasteiger partial charge is 0.368 e. The van der Waals surface area contributed by atoms with Crippen molar-refractivity contribution in [1.82, 2.24) is 21.3 Å². The molecule has 12 nitrogen and oxygen atoms in total. The number of hydrogen-bond donors (Lipinski definition) is 4. The summed E-state index contributed by atoms with van der Waals surface area (Å²) in [7, 11) is 0. The predicted octanol–water partition coefficient (Wildman–Crippen LogP) is 3.03. The maximum absolute atomic E-state index is 14.2. The van der Waals surface area contributed by atoms with E-state index in [4.69, 9.17) is 18.9 Å². The highest BCUT2D eigenvalue weighted by Crippen LogP contribution is 2.40. The van der Waals surface area contributed by atoms with Gasteiger partial charge in [0, 0.05) is 19.3 Å². The molecule has 0 saturated carbocycles. The third-order valence-electron chi connectivity index (χ3n) is 9.54. The van der Waals surface area contributed by atoms with E-state index in [1.54, 1.807) is 13.8 Å². The van der Waals surface area contributed by atoms with E-state index in [1.165, 1.54) is 11.8 Å². The Morgan fingerprint density at radius 1 is 0.679 bits per heavy atom. The molecule has 6 rings (SSSR count). The van der Waals surface area contributed by atoms with Crippen LogP contribution in [0.1, 0.15) is 43.4 Å². The Hall–Kier alpha value is -4.27. The second-order valence-electron chi connectivity index (χ2n) is 14.1. The van der Waals surface area contributed by atoms with Gasteiger partial charge in [-0.05, 0) is 49.0 Å². The number of rotatable bonds is 11. The van der Waals surface area contributed by atoms with E-state index >= 15 is 0 Å². The molecular weight excluding hydrogens is 697 g/mol. The van der Waals surface area contributed by atoms with E-state index in [-0.39, 0.29) is 25.9 Å². The standard InChI is InChI=1S/C40H48N4O8S/c1-40(2)51-35-34(49-24-27-17-11-6-12-18-27)33(50-39(35)52-40)29-23-32(45)41-30(21-25-13-7-4-8-14-25)37(47)44-31(22-26-15-9-5-10-16-26)38(48)42-28(19-20-53-3)36(46)43-29/h4-18,28-31,33-35,39H,19-24H2,1-3H3,(H,41,45)(H,42,48)(H,43,46)(H,44,47)/t28-,29-,30-,31-,33+,34-,35+,39+/m0/s1. The summed E-state index contributed by atoms with van der Waals surface area (Å²) >= 11 is 1.54. The molecule has 4 N–H and O–H groups in total. The summed E-state index contributed by atoms with van der Waals surface area (Å²) in [4.78, 5) is 56.3. The van der Waals surface area contributed by atoms with Gasteiger partial charge >= 0.3 is 0 Å². The van der Waals surface area contributed by atoms with Crippen molar-refractivity contribution in [3.63, 3.8) is 0 Å². The Balaban J connectivity index is 1.33. The summed E-state index contributed by atoms with van der Waals surface area (Å²) in [5.41, 5.74) is 2.56. The first-order valence-corrected chi connectivity index (χ1v) is 19.4. The maximum Gasteiger partial charge on any atom is 0.243 e. The van der Waals surface area contributed by atoms with Crippen molar-refractivity contribution in [3.05, 3.63) is 108 Å². The summed E-state index contributed by atoms with van der Waals surface area (Å²) < 4.78 is 25.2. The number of hydrogen-bond acceptors (Lipinski definition) is 9. The van der Waals surface area contributed by atoms with E-state index in [1.807, 2.05) is 97.3 Å². The van der Waals surface area contributed by atoms with E-state index in [9.17, 15) is 19.2 Å². The third-order valence-corrected chi connectivity index (χ3v) is 10.2. The highest BCUT2D eigenvalue weighted by molar-refractivity contribution is 7.98. The summed E-state index contributed by atoms with van der Waals surface area (Å²) in [6, 6.07) is 24.3. The number of carbonyl (C=O) groups excluding carboxylic acids is 4. The average Bonchev–Trinajstić information content (AvgIpc) is 3.63. The van der Waals surface area contributed by atoms with Crippen molar-refractivity contribution in [1.29, 1.82) is 0 Å². The molecule has 3 fully saturated rings. The molecule has 13 heteroatoms. The number of benzene rings is 3. The molecule has 0 spiro atoms. The first-order chi connectivity index (χ1) is 25.6. The minimum Gasteiger partial charge on any atom is -0.368 e. The van der Waals surface area contributed by atoms with Crippen LogP contribution in [-0.4, -0.2) is 90.2 Å². The van der Waals surface area contributed by atoms with Crippen molar-refractivity contribution in [2.75, 3.05) is 12.0 Å². The first kappa shape index (κ1) is 38.5. The minimum absolute atomic E-state index is 0.176. The quantitative estimate of drug-likeness (QED) is 0.232. The van der Waals surface area contributed by atoms with Crippen molar-refractivity contribution in [2.24, 2.45) is 0 Å². The van der Waals surface area contributed by atoms with Crippen LogP contribution in [0.25, 0.3) is 0 Å². The number of nitrogens with one attached hydrogen (secondary N) is 4. The van der Waals surface area contributed by atoms with Crippen LogP contribution in [0.3, 0.4) is 0 Å². The smallest absolute Gasteiger partial charge is 0.243 e. The summed E-state index contributed by atoms with van der Waals surface area (Å²) in [5.74, 6) is -2.38. The van der Waals surface area contributed by atoms with E-state index in [2.05, 4.69) is 21.3 Å². The number of carbonyl (C=O) groups is 4. The summed E-state index contributed by atoms with van der Waals surface area (Å²) in [6.45, 7) is 3.79. The van der Waals surface area contributed by atoms with Gasteiger partial charge in [-0.3, -0.25) is 19.2 Å². The van der Waals surface area contributed by atoms with Gasteiger partial charge in [0.1, 0.15) is 36.4 Å². The van der Waals surface area contributed by atoms with Crippen LogP contribution in [0.5, 0.6) is 0 Å². The van der Waals surface area contributed by atoms with E-state index in [0.29, 0.717) is 12.2 Å². The lowest BCUT2D eigenvalue weighted by Crippen LogP contribution is -2.58. The van der Waals surface area contributed by atoms with Gasteiger partial charge in [0.05, 0.1) is 12.6 Å². The Morgan fingerprint density at radius 3 is 1.79 bits per heavy atom. The second-order valence-corrected chi connectivity index (χ2v) is 15.0. The molecule has 4 amide bonds. The maximum atomic E-state index is 14.2. The van der Waals surface area contributed by atoms with E-state index < -0.39 is 78.2 Å². The highest BCUT2D eigenvalue weighted by Gasteiger charge is 2.57. The zero-order valence-electron chi connectivity index (χ0n) is 30.2. The van der Waals surface area contributed by atoms with E-state index in [0.717, 1.165) is 16.7 Å². The van der Waals surface area contributed by atoms with Crippen LogP contribution in [0.15, 0.2) is 91.0 Å². The van der Waals surface area contributed by atoms with Gasteiger partial charge in [0.25, 0.3) is 0 Å². The zero-order valence-corrected chi connectivity index (χ0v) is 31.0. The molecule has 3 aliphatic rings. The van der Waals surface area contributed by atoms with Crippen molar-refractivity contribution in [3.8, 4) is 0 Å². The molecular formula is C40H48N4O8S. The lowest BCUT2D eigenvalue weighted by molar-refractivity contribution is -0.222. The van der Waals surface area contributed by atoms with Crippen LogP contribution in [0.2, 0.25) is 0 Å². The summed E-state index contributed by atoms with van der Waals surface area (Å²) in [5, 5.41) is 11.8.